The molecule has 1 aromatic carbocycles. The lowest BCUT2D eigenvalue weighted by molar-refractivity contribution is 0.0690. The summed E-state index contributed by atoms with van der Waals surface area (Å²) >= 11 is 0. The van der Waals surface area contributed by atoms with Crippen molar-refractivity contribution in [3.05, 3.63) is 72.2 Å². The minimum atomic E-state index is -1.03. The Morgan fingerprint density at radius 2 is 1.90 bits per heavy atom. The van der Waals surface area contributed by atoms with Gasteiger partial charge in [-0.2, -0.15) is 5.10 Å². The standard InChI is InChI=1S/C16H13N3O2/c20-16(21)15-8-4-7-14(18-15)13-9-17-19(11-13)10-12-5-2-1-3-6-12/h1-9,11H,10H2,(H,20,21). The van der Waals surface area contributed by atoms with Gasteiger partial charge >= 0.3 is 5.97 Å². The minimum absolute atomic E-state index is 0.0308. The van der Waals surface area contributed by atoms with Crippen LogP contribution < -0.4 is 0 Å². The van der Waals surface area contributed by atoms with Crippen LogP contribution in [0.4, 0.5) is 0 Å². The van der Waals surface area contributed by atoms with Gasteiger partial charge in [-0.25, -0.2) is 9.78 Å². The number of benzene rings is 1. The van der Waals surface area contributed by atoms with E-state index in [2.05, 4.69) is 10.1 Å². The number of hydrogen-bond acceptors (Lipinski definition) is 3. The number of carboxylic acid groups (broad SMARTS) is 1. The third-order valence-electron chi connectivity index (χ3n) is 3.08. The maximum atomic E-state index is 10.9. The summed E-state index contributed by atoms with van der Waals surface area (Å²) in [6.07, 6.45) is 3.55. The second-order valence-electron chi connectivity index (χ2n) is 4.63. The number of rotatable bonds is 4. The molecule has 2 aromatic heterocycles. The van der Waals surface area contributed by atoms with Gasteiger partial charge in [-0.15, -0.1) is 0 Å². The summed E-state index contributed by atoms with van der Waals surface area (Å²) in [4.78, 5) is 15.1. The van der Waals surface area contributed by atoms with Crippen LogP contribution in [0.25, 0.3) is 11.3 Å². The van der Waals surface area contributed by atoms with Crippen molar-refractivity contribution >= 4 is 5.97 Å². The van der Waals surface area contributed by atoms with Gasteiger partial charge < -0.3 is 5.11 Å². The summed E-state index contributed by atoms with van der Waals surface area (Å²) in [5, 5.41) is 13.3. The Bertz CT molecular complexity index is 766. The Morgan fingerprint density at radius 1 is 1.10 bits per heavy atom. The zero-order valence-electron chi connectivity index (χ0n) is 11.2. The SMILES string of the molecule is O=C(O)c1cccc(-c2cnn(Cc3ccccc3)c2)n1. The van der Waals surface area contributed by atoms with E-state index in [0.717, 1.165) is 11.1 Å². The van der Waals surface area contributed by atoms with Gasteiger partial charge in [0.15, 0.2) is 0 Å². The summed E-state index contributed by atoms with van der Waals surface area (Å²) in [5.41, 5.74) is 2.59. The van der Waals surface area contributed by atoms with Crippen LogP contribution in [-0.4, -0.2) is 25.8 Å². The van der Waals surface area contributed by atoms with E-state index < -0.39 is 5.97 Å². The van der Waals surface area contributed by atoms with Gasteiger partial charge in [0.2, 0.25) is 0 Å². The molecule has 0 aliphatic carbocycles. The fourth-order valence-electron chi connectivity index (χ4n) is 2.07. The molecule has 0 aliphatic heterocycles. The molecule has 0 saturated carbocycles. The molecule has 3 aromatic rings. The van der Waals surface area contributed by atoms with Gasteiger partial charge in [0.1, 0.15) is 5.69 Å². The molecule has 0 amide bonds. The average molecular weight is 279 g/mol. The lowest BCUT2D eigenvalue weighted by Crippen LogP contribution is -2.00. The summed E-state index contributed by atoms with van der Waals surface area (Å²) in [6, 6.07) is 14.9. The normalized spacial score (nSPS) is 10.5. The molecule has 0 saturated heterocycles. The third kappa shape index (κ3) is 2.97. The summed E-state index contributed by atoms with van der Waals surface area (Å²) in [5.74, 6) is -1.03. The number of aromatic carboxylic acids is 1. The van der Waals surface area contributed by atoms with E-state index in [9.17, 15) is 4.79 Å². The molecule has 21 heavy (non-hydrogen) atoms. The number of aromatic nitrogens is 3. The van der Waals surface area contributed by atoms with Crippen molar-refractivity contribution in [2.24, 2.45) is 0 Å². The van der Waals surface area contributed by atoms with Gasteiger partial charge in [0.25, 0.3) is 0 Å². The van der Waals surface area contributed by atoms with Gasteiger partial charge in [0, 0.05) is 11.8 Å². The van der Waals surface area contributed by atoms with Crippen LogP contribution in [0, 0.1) is 0 Å². The van der Waals surface area contributed by atoms with E-state index in [1.807, 2.05) is 36.5 Å². The predicted octanol–water partition coefficient (Wildman–Crippen LogP) is 2.69. The molecule has 0 atom stereocenters. The van der Waals surface area contributed by atoms with Crippen molar-refractivity contribution < 1.29 is 9.90 Å². The van der Waals surface area contributed by atoms with E-state index in [1.54, 1.807) is 23.0 Å². The molecule has 104 valence electrons. The Hall–Kier alpha value is -2.95. The van der Waals surface area contributed by atoms with Crippen molar-refractivity contribution in [1.29, 1.82) is 0 Å². The van der Waals surface area contributed by atoms with Crippen LogP contribution in [-0.2, 0) is 6.54 Å². The first-order chi connectivity index (χ1) is 10.2. The van der Waals surface area contributed by atoms with Crippen molar-refractivity contribution in [2.75, 3.05) is 0 Å². The van der Waals surface area contributed by atoms with Crippen molar-refractivity contribution in [3.8, 4) is 11.3 Å². The second-order valence-corrected chi connectivity index (χ2v) is 4.63. The molecule has 0 fully saturated rings. The number of hydrogen-bond donors (Lipinski definition) is 1. The van der Waals surface area contributed by atoms with E-state index in [4.69, 9.17) is 5.11 Å². The lowest BCUT2D eigenvalue weighted by Gasteiger charge is -2.01. The Morgan fingerprint density at radius 3 is 2.67 bits per heavy atom. The first-order valence-electron chi connectivity index (χ1n) is 6.49. The van der Waals surface area contributed by atoms with E-state index in [-0.39, 0.29) is 5.69 Å². The molecule has 0 radical (unpaired) electrons. The summed E-state index contributed by atoms with van der Waals surface area (Å²) in [6.45, 7) is 0.666. The largest absolute Gasteiger partial charge is 0.477 e. The van der Waals surface area contributed by atoms with Gasteiger partial charge in [0.05, 0.1) is 18.4 Å². The van der Waals surface area contributed by atoms with Crippen LogP contribution in [0.15, 0.2) is 60.9 Å². The van der Waals surface area contributed by atoms with Crippen molar-refractivity contribution in [3.63, 3.8) is 0 Å². The number of carboxylic acids is 1. The highest BCUT2D eigenvalue weighted by Gasteiger charge is 2.08. The molecule has 0 unspecified atom stereocenters. The first-order valence-corrected chi connectivity index (χ1v) is 6.49. The minimum Gasteiger partial charge on any atom is -0.477 e. The fourth-order valence-corrected chi connectivity index (χ4v) is 2.07. The molecular weight excluding hydrogens is 266 g/mol. The molecule has 0 aliphatic rings. The van der Waals surface area contributed by atoms with Gasteiger partial charge in [-0.3, -0.25) is 4.68 Å². The molecule has 5 nitrogen and oxygen atoms in total. The predicted molar refractivity (Wildman–Crippen MR) is 78.0 cm³/mol. The number of carbonyl (C=O) groups is 1. The zero-order valence-corrected chi connectivity index (χ0v) is 11.2. The molecule has 3 rings (SSSR count). The van der Waals surface area contributed by atoms with E-state index in [1.165, 1.54) is 6.07 Å². The summed E-state index contributed by atoms with van der Waals surface area (Å²) < 4.78 is 1.81. The highest BCUT2D eigenvalue weighted by Crippen LogP contribution is 2.17. The highest BCUT2D eigenvalue weighted by atomic mass is 16.4. The maximum absolute atomic E-state index is 10.9. The maximum Gasteiger partial charge on any atom is 0.354 e. The quantitative estimate of drug-likeness (QED) is 0.797. The molecule has 5 heteroatoms. The Labute approximate surface area is 121 Å². The van der Waals surface area contributed by atoms with Crippen molar-refractivity contribution in [2.45, 2.75) is 6.54 Å². The summed E-state index contributed by atoms with van der Waals surface area (Å²) in [7, 11) is 0. The van der Waals surface area contributed by atoms with E-state index in [0.29, 0.717) is 12.2 Å². The van der Waals surface area contributed by atoms with Gasteiger partial charge in [-0.1, -0.05) is 36.4 Å². The van der Waals surface area contributed by atoms with Crippen LogP contribution in [0.2, 0.25) is 0 Å². The Balaban J connectivity index is 1.85. The lowest BCUT2D eigenvalue weighted by atomic mass is 10.2. The monoisotopic (exact) mass is 279 g/mol. The molecule has 0 bridgehead atoms. The van der Waals surface area contributed by atoms with Crippen LogP contribution in [0.1, 0.15) is 16.1 Å². The number of nitrogens with zero attached hydrogens (tertiary/aromatic N) is 3. The molecule has 2 heterocycles. The smallest absolute Gasteiger partial charge is 0.354 e. The average Bonchev–Trinajstić information content (AvgIpc) is 2.97. The Kier molecular flexibility index (Phi) is 3.47. The zero-order chi connectivity index (χ0) is 14.7. The molecule has 0 spiro atoms. The number of pyridine rings is 1. The molecular formula is C16H13N3O2. The first kappa shape index (κ1) is 13.1. The van der Waals surface area contributed by atoms with Crippen LogP contribution in [0.5, 0.6) is 0 Å². The topological polar surface area (TPSA) is 68.0 Å². The van der Waals surface area contributed by atoms with Crippen LogP contribution >= 0.6 is 0 Å². The van der Waals surface area contributed by atoms with Crippen molar-refractivity contribution in [1.82, 2.24) is 14.8 Å². The highest BCUT2D eigenvalue weighted by molar-refractivity contribution is 5.86. The second kappa shape index (κ2) is 5.58. The van der Waals surface area contributed by atoms with E-state index >= 15 is 0 Å². The molecule has 1 N–H and O–H groups in total. The third-order valence-corrected chi connectivity index (χ3v) is 3.08. The fraction of sp³-hybridized carbons (Fsp3) is 0.0625. The van der Waals surface area contributed by atoms with Gasteiger partial charge in [-0.05, 0) is 17.7 Å². The van der Waals surface area contributed by atoms with Crippen LogP contribution in [0.3, 0.4) is 0 Å².